The Balaban J connectivity index is 2.66. The van der Waals surface area contributed by atoms with E-state index >= 15 is 0 Å². The SMILES string of the molecule is CC(C)(C)c1nc2cc(C(F)(F)C(F)(F)F)nc(OCC(F)(F)F)n2n1. The predicted molar refractivity (Wildman–Crippen MR) is 71.0 cm³/mol. The van der Waals surface area contributed by atoms with E-state index in [9.17, 15) is 35.1 Å². The Kier molecular flexibility index (Phi) is 4.57. The van der Waals surface area contributed by atoms with E-state index in [1.807, 2.05) is 0 Å². The standard InChI is InChI=1S/C13H12F8N4O/c1-10(2,3)8-23-7-4-6(12(17,18)13(19,20)21)22-9(25(7)24-8)26-5-11(14,15)16/h4H,5H2,1-3H3. The molecule has 0 amide bonds. The second-order valence-electron chi connectivity index (χ2n) is 6.36. The fraction of sp³-hybridized carbons (Fsp3) is 0.615. The van der Waals surface area contributed by atoms with Crippen molar-refractivity contribution in [3.05, 3.63) is 17.6 Å². The molecule has 0 unspecified atom stereocenters. The number of nitrogens with zero attached hydrogens (tertiary/aromatic N) is 4. The van der Waals surface area contributed by atoms with Gasteiger partial charge in [0.2, 0.25) is 0 Å². The van der Waals surface area contributed by atoms with Crippen molar-refractivity contribution < 1.29 is 39.9 Å². The monoisotopic (exact) mass is 392 g/mol. The molecule has 0 aromatic carbocycles. The van der Waals surface area contributed by atoms with Crippen LogP contribution in [0, 0.1) is 0 Å². The number of hydrogen-bond acceptors (Lipinski definition) is 4. The Morgan fingerprint density at radius 2 is 1.54 bits per heavy atom. The lowest BCUT2D eigenvalue weighted by Gasteiger charge is -2.19. The van der Waals surface area contributed by atoms with Crippen molar-refractivity contribution in [2.75, 3.05) is 6.61 Å². The van der Waals surface area contributed by atoms with E-state index < -0.39 is 47.6 Å². The molecule has 0 atom stereocenters. The molecule has 0 N–H and O–H groups in total. The van der Waals surface area contributed by atoms with E-state index in [2.05, 4.69) is 19.8 Å². The van der Waals surface area contributed by atoms with Crippen molar-refractivity contribution in [1.82, 2.24) is 19.6 Å². The van der Waals surface area contributed by atoms with Gasteiger partial charge in [-0.15, -0.1) is 5.10 Å². The summed E-state index contributed by atoms with van der Waals surface area (Å²) >= 11 is 0. The lowest BCUT2D eigenvalue weighted by atomic mass is 9.96. The Morgan fingerprint density at radius 3 is 2.00 bits per heavy atom. The molecule has 13 heteroatoms. The van der Waals surface area contributed by atoms with E-state index in [0.29, 0.717) is 10.6 Å². The Labute approximate surface area is 141 Å². The van der Waals surface area contributed by atoms with Crippen LogP contribution in [0.15, 0.2) is 6.07 Å². The highest BCUT2D eigenvalue weighted by atomic mass is 19.4. The molecule has 0 fully saturated rings. The van der Waals surface area contributed by atoms with Crippen LogP contribution in [0.5, 0.6) is 6.01 Å². The molecule has 26 heavy (non-hydrogen) atoms. The first-order valence-corrected chi connectivity index (χ1v) is 6.95. The third kappa shape index (κ3) is 3.96. The quantitative estimate of drug-likeness (QED) is 0.741. The molecule has 0 bridgehead atoms. The molecule has 0 aliphatic rings. The fourth-order valence-corrected chi connectivity index (χ4v) is 1.73. The number of aromatic nitrogens is 4. The number of rotatable bonds is 3. The largest absolute Gasteiger partial charge is 0.459 e. The topological polar surface area (TPSA) is 52.3 Å². The normalized spacial score (nSPS) is 14.1. The molecule has 0 saturated heterocycles. The molecule has 0 aliphatic carbocycles. The van der Waals surface area contributed by atoms with Crippen molar-refractivity contribution in [1.29, 1.82) is 0 Å². The van der Waals surface area contributed by atoms with E-state index in [4.69, 9.17) is 0 Å². The minimum atomic E-state index is -6.01. The summed E-state index contributed by atoms with van der Waals surface area (Å²) in [4.78, 5) is 6.70. The van der Waals surface area contributed by atoms with E-state index in [1.165, 1.54) is 0 Å². The minimum Gasteiger partial charge on any atom is -0.454 e. The van der Waals surface area contributed by atoms with Gasteiger partial charge in [0.15, 0.2) is 18.1 Å². The van der Waals surface area contributed by atoms with E-state index in [-0.39, 0.29) is 5.82 Å². The van der Waals surface area contributed by atoms with Gasteiger partial charge in [0.1, 0.15) is 5.69 Å². The Bertz CT molecular complexity index is 803. The van der Waals surface area contributed by atoms with Crippen LogP contribution in [0.2, 0.25) is 0 Å². The highest BCUT2D eigenvalue weighted by molar-refractivity contribution is 5.43. The lowest BCUT2D eigenvalue weighted by Crippen LogP contribution is -2.35. The van der Waals surface area contributed by atoms with Crippen LogP contribution in [0.3, 0.4) is 0 Å². The van der Waals surface area contributed by atoms with Crippen molar-refractivity contribution in [3.63, 3.8) is 0 Å². The minimum absolute atomic E-state index is 0.0105. The zero-order valence-electron chi connectivity index (χ0n) is 13.5. The molecule has 146 valence electrons. The van der Waals surface area contributed by atoms with Crippen LogP contribution in [0.1, 0.15) is 32.3 Å². The maximum Gasteiger partial charge on any atom is 0.459 e. The summed E-state index contributed by atoms with van der Waals surface area (Å²) in [6, 6.07) is -0.877. The van der Waals surface area contributed by atoms with Gasteiger partial charge < -0.3 is 4.74 Å². The highest BCUT2D eigenvalue weighted by Gasteiger charge is 2.60. The predicted octanol–water partition coefficient (Wildman–Crippen LogP) is 4.02. The number of alkyl halides is 8. The van der Waals surface area contributed by atoms with Crippen molar-refractivity contribution in [3.8, 4) is 6.01 Å². The van der Waals surface area contributed by atoms with Crippen LogP contribution in [0.25, 0.3) is 5.65 Å². The maximum absolute atomic E-state index is 13.6. The first-order valence-electron chi connectivity index (χ1n) is 6.95. The van der Waals surface area contributed by atoms with Crippen LogP contribution < -0.4 is 4.74 Å². The maximum atomic E-state index is 13.6. The molecule has 0 spiro atoms. The van der Waals surface area contributed by atoms with Crippen molar-refractivity contribution in [2.45, 2.75) is 44.5 Å². The second kappa shape index (κ2) is 5.91. The number of ether oxygens (including phenoxy) is 1. The van der Waals surface area contributed by atoms with Gasteiger partial charge in [-0.2, -0.15) is 44.6 Å². The van der Waals surface area contributed by atoms with Gasteiger partial charge in [0.25, 0.3) is 0 Å². The van der Waals surface area contributed by atoms with E-state index in [1.54, 1.807) is 20.8 Å². The van der Waals surface area contributed by atoms with Gasteiger partial charge in [-0.1, -0.05) is 20.8 Å². The Hall–Kier alpha value is -2.21. The molecular weight excluding hydrogens is 380 g/mol. The zero-order chi connectivity index (χ0) is 20.1. The molecule has 0 saturated carbocycles. The smallest absolute Gasteiger partial charge is 0.454 e. The highest BCUT2D eigenvalue weighted by Crippen LogP contribution is 2.43. The number of halogens is 8. The van der Waals surface area contributed by atoms with Gasteiger partial charge in [0, 0.05) is 11.5 Å². The summed E-state index contributed by atoms with van der Waals surface area (Å²) in [5, 5.41) is 3.79. The molecule has 2 heterocycles. The summed E-state index contributed by atoms with van der Waals surface area (Å²) in [5.74, 6) is -5.43. The molecule has 2 aromatic heterocycles. The molecular formula is C13H12F8N4O. The van der Waals surface area contributed by atoms with Crippen LogP contribution in [-0.4, -0.2) is 38.5 Å². The first-order chi connectivity index (χ1) is 11.5. The van der Waals surface area contributed by atoms with Gasteiger partial charge in [-0.3, -0.25) is 0 Å². The number of hydrogen-bond donors (Lipinski definition) is 0. The number of fused-ring (bicyclic) bond motifs is 1. The summed E-state index contributed by atoms with van der Waals surface area (Å²) in [6.45, 7) is 2.87. The Morgan fingerprint density at radius 1 is 0.962 bits per heavy atom. The molecule has 0 aliphatic heterocycles. The molecule has 2 rings (SSSR count). The van der Waals surface area contributed by atoms with Gasteiger partial charge in [0.05, 0.1) is 0 Å². The van der Waals surface area contributed by atoms with Crippen LogP contribution in [-0.2, 0) is 11.3 Å². The van der Waals surface area contributed by atoms with Gasteiger partial charge in [-0.05, 0) is 0 Å². The lowest BCUT2D eigenvalue weighted by molar-refractivity contribution is -0.291. The summed E-state index contributed by atoms with van der Waals surface area (Å²) in [7, 11) is 0. The molecule has 0 radical (unpaired) electrons. The average molecular weight is 392 g/mol. The van der Waals surface area contributed by atoms with Gasteiger partial charge >= 0.3 is 24.3 Å². The van der Waals surface area contributed by atoms with Crippen molar-refractivity contribution >= 4 is 5.65 Å². The summed E-state index contributed by atoms with van der Waals surface area (Å²) in [5.41, 5.74) is -3.16. The molecule has 5 nitrogen and oxygen atoms in total. The van der Waals surface area contributed by atoms with Crippen molar-refractivity contribution in [2.24, 2.45) is 0 Å². The van der Waals surface area contributed by atoms with Crippen LogP contribution in [0.4, 0.5) is 35.1 Å². The second-order valence-corrected chi connectivity index (χ2v) is 6.36. The summed E-state index contributed by atoms with van der Waals surface area (Å²) < 4.78 is 107. The van der Waals surface area contributed by atoms with Crippen LogP contribution >= 0.6 is 0 Å². The van der Waals surface area contributed by atoms with Gasteiger partial charge in [-0.25, -0.2) is 4.98 Å². The average Bonchev–Trinajstić information content (AvgIpc) is 2.86. The third-order valence-electron chi connectivity index (χ3n) is 3.01. The first kappa shape index (κ1) is 20.1. The van der Waals surface area contributed by atoms with E-state index in [0.717, 1.165) is 0 Å². The molecule has 2 aromatic rings. The summed E-state index contributed by atoms with van der Waals surface area (Å²) in [6.07, 6.45) is -10.9. The fourth-order valence-electron chi connectivity index (χ4n) is 1.73. The zero-order valence-corrected chi connectivity index (χ0v) is 13.5. The third-order valence-corrected chi connectivity index (χ3v) is 3.01.